The number of hydrogen-bond acceptors (Lipinski definition) is 1. The monoisotopic (exact) mass is 220 g/mol. The maximum atomic E-state index is 6.22. The zero-order valence-corrected chi connectivity index (χ0v) is 10.7. The molecule has 2 aliphatic rings. The van der Waals surface area contributed by atoms with Crippen LogP contribution < -0.4 is 0 Å². The van der Waals surface area contributed by atoms with Crippen LogP contribution in [0.1, 0.15) is 40.0 Å². The molecule has 16 heavy (non-hydrogen) atoms. The number of hydrogen-bond donors (Lipinski definition) is 0. The minimum Gasteiger partial charge on any atom is -0.366 e. The van der Waals surface area contributed by atoms with E-state index in [2.05, 4.69) is 45.1 Å². The van der Waals surface area contributed by atoms with Gasteiger partial charge in [0.2, 0.25) is 0 Å². The van der Waals surface area contributed by atoms with Crippen molar-refractivity contribution >= 4 is 0 Å². The average Bonchev–Trinajstić information content (AvgIpc) is 2.70. The van der Waals surface area contributed by atoms with Crippen LogP contribution in [0.5, 0.6) is 0 Å². The first-order chi connectivity index (χ1) is 7.66. The first-order valence-electron chi connectivity index (χ1n) is 6.67. The lowest BCUT2D eigenvalue weighted by Crippen LogP contribution is -2.36. The average molecular weight is 220 g/mol. The van der Waals surface area contributed by atoms with Gasteiger partial charge in [-0.15, -0.1) is 0 Å². The van der Waals surface area contributed by atoms with Crippen molar-refractivity contribution in [1.29, 1.82) is 0 Å². The molecule has 0 radical (unpaired) electrons. The summed E-state index contributed by atoms with van der Waals surface area (Å²) in [6.45, 7) is 7.02. The van der Waals surface area contributed by atoms with Crippen molar-refractivity contribution in [3.63, 3.8) is 0 Å². The second kappa shape index (κ2) is 5.18. The fourth-order valence-electron chi connectivity index (χ4n) is 2.98. The molecule has 1 heteroatoms. The molecule has 0 spiro atoms. The number of ether oxygens (including phenoxy) is 1. The highest BCUT2D eigenvalue weighted by molar-refractivity contribution is 5.19. The highest BCUT2D eigenvalue weighted by atomic mass is 16.5. The van der Waals surface area contributed by atoms with Crippen molar-refractivity contribution in [3.05, 3.63) is 24.3 Å². The first-order valence-corrected chi connectivity index (χ1v) is 6.67. The molecule has 0 saturated heterocycles. The Bertz CT molecular complexity index is 265. The van der Waals surface area contributed by atoms with Crippen LogP contribution in [0.2, 0.25) is 0 Å². The Morgan fingerprint density at radius 2 is 1.81 bits per heavy atom. The molecule has 0 heterocycles. The largest absolute Gasteiger partial charge is 0.366 e. The zero-order valence-electron chi connectivity index (χ0n) is 10.7. The minimum atomic E-state index is 0.233. The Labute approximate surface area is 99.6 Å². The van der Waals surface area contributed by atoms with Crippen molar-refractivity contribution < 1.29 is 4.74 Å². The maximum Gasteiger partial charge on any atom is 0.0947 e. The molecule has 2 aliphatic carbocycles. The van der Waals surface area contributed by atoms with Gasteiger partial charge in [-0.25, -0.2) is 0 Å². The Morgan fingerprint density at radius 1 is 1.12 bits per heavy atom. The molecule has 0 aromatic rings. The third-order valence-corrected chi connectivity index (χ3v) is 4.01. The van der Waals surface area contributed by atoms with E-state index in [-0.39, 0.29) is 6.10 Å². The summed E-state index contributed by atoms with van der Waals surface area (Å²) in [6, 6.07) is 0. The Kier molecular flexibility index (Phi) is 3.86. The molecule has 2 rings (SSSR count). The van der Waals surface area contributed by atoms with E-state index in [1.54, 1.807) is 0 Å². The van der Waals surface area contributed by atoms with Gasteiger partial charge in [0.15, 0.2) is 0 Å². The summed E-state index contributed by atoms with van der Waals surface area (Å²) >= 11 is 0. The van der Waals surface area contributed by atoms with Crippen LogP contribution in [0.25, 0.3) is 0 Å². The molecule has 0 aromatic carbocycles. The van der Waals surface area contributed by atoms with Gasteiger partial charge in [0.25, 0.3) is 0 Å². The molecule has 0 N–H and O–H groups in total. The molecule has 1 nitrogen and oxygen atoms in total. The lowest BCUT2D eigenvalue weighted by molar-refractivity contribution is -0.0486. The normalized spacial score (nSPS) is 35.1. The number of rotatable bonds is 3. The molecule has 90 valence electrons. The molecule has 0 unspecified atom stereocenters. The van der Waals surface area contributed by atoms with Crippen molar-refractivity contribution in [2.75, 3.05) is 0 Å². The topological polar surface area (TPSA) is 9.23 Å². The third-order valence-electron chi connectivity index (χ3n) is 4.01. The van der Waals surface area contributed by atoms with Gasteiger partial charge in [0.1, 0.15) is 0 Å². The smallest absolute Gasteiger partial charge is 0.0947 e. The second-order valence-electron chi connectivity index (χ2n) is 5.74. The van der Waals surface area contributed by atoms with Gasteiger partial charge in [-0.3, -0.25) is 0 Å². The molecule has 0 bridgehead atoms. The molecular formula is C15H24O. The molecule has 1 fully saturated rings. The Morgan fingerprint density at radius 3 is 2.44 bits per heavy atom. The Balaban J connectivity index is 1.96. The van der Waals surface area contributed by atoms with Gasteiger partial charge in [0, 0.05) is 0 Å². The summed E-state index contributed by atoms with van der Waals surface area (Å²) in [4.78, 5) is 0. The minimum absolute atomic E-state index is 0.233. The van der Waals surface area contributed by atoms with Gasteiger partial charge in [0.05, 0.1) is 12.2 Å². The quantitative estimate of drug-likeness (QED) is 0.699. The number of allylic oxidation sites excluding steroid dienone is 2. The van der Waals surface area contributed by atoms with Crippen LogP contribution in [0.3, 0.4) is 0 Å². The fraction of sp³-hybridized carbons (Fsp3) is 0.733. The zero-order chi connectivity index (χ0) is 11.5. The van der Waals surface area contributed by atoms with Crippen LogP contribution in [0.15, 0.2) is 24.3 Å². The van der Waals surface area contributed by atoms with Crippen LogP contribution in [-0.4, -0.2) is 12.2 Å². The lowest BCUT2D eigenvalue weighted by Gasteiger charge is -2.38. The van der Waals surface area contributed by atoms with E-state index >= 15 is 0 Å². The summed E-state index contributed by atoms with van der Waals surface area (Å²) in [5, 5.41) is 0. The molecule has 3 atom stereocenters. The van der Waals surface area contributed by atoms with Crippen molar-refractivity contribution in [1.82, 2.24) is 0 Å². The van der Waals surface area contributed by atoms with Gasteiger partial charge in [-0.1, -0.05) is 51.5 Å². The molecular weight excluding hydrogens is 196 g/mol. The van der Waals surface area contributed by atoms with Crippen LogP contribution in [0.4, 0.5) is 0 Å². The first kappa shape index (κ1) is 11.9. The predicted molar refractivity (Wildman–Crippen MR) is 68.3 cm³/mol. The predicted octanol–water partition coefficient (Wildman–Crippen LogP) is 3.96. The van der Waals surface area contributed by atoms with E-state index in [1.807, 2.05) is 0 Å². The van der Waals surface area contributed by atoms with Gasteiger partial charge in [-0.2, -0.15) is 0 Å². The summed E-state index contributed by atoms with van der Waals surface area (Å²) in [5.41, 5.74) is 0. The van der Waals surface area contributed by atoms with Crippen LogP contribution in [-0.2, 0) is 4.74 Å². The molecule has 0 aromatic heterocycles. The van der Waals surface area contributed by atoms with E-state index in [0.29, 0.717) is 6.10 Å². The van der Waals surface area contributed by atoms with Gasteiger partial charge >= 0.3 is 0 Å². The third kappa shape index (κ3) is 2.76. The summed E-state index contributed by atoms with van der Waals surface area (Å²) < 4.78 is 6.22. The maximum absolute atomic E-state index is 6.22. The highest BCUT2D eigenvalue weighted by Gasteiger charge is 2.32. The summed E-state index contributed by atoms with van der Waals surface area (Å²) in [6.07, 6.45) is 13.1. The van der Waals surface area contributed by atoms with Gasteiger partial charge < -0.3 is 4.74 Å². The summed E-state index contributed by atoms with van der Waals surface area (Å²) in [7, 11) is 0. The van der Waals surface area contributed by atoms with E-state index in [1.165, 1.54) is 19.3 Å². The highest BCUT2D eigenvalue weighted by Crippen LogP contribution is 2.36. The van der Waals surface area contributed by atoms with Gasteiger partial charge in [-0.05, 0) is 30.6 Å². The van der Waals surface area contributed by atoms with Crippen LogP contribution in [0, 0.1) is 17.8 Å². The summed E-state index contributed by atoms with van der Waals surface area (Å²) in [5.74, 6) is 2.32. The van der Waals surface area contributed by atoms with Crippen molar-refractivity contribution in [3.8, 4) is 0 Å². The molecule has 1 saturated carbocycles. The van der Waals surface area contributed by atoms with Crippen molar-refractivity contribution in [2.24, 2.45) is 17.8 Å². The van der Waals surface area contributed by atoms with E-state index in [9.17, 15) is 0 Å². The Hall–Kier alpha value is -0.560. The van der Waals surface area contributed by atoms with E-state index in [4.69, 9.17) is 4.74 Å². The van der Waals surface area contributed by atoms with E-state index in [0.717, 1.165) is 17.8 Å². The molecule has 0 aliphatic heterocycles. The molecule has 0 amide bonds. The second-order valence-corrected chi connectivity index (χ2v) is 5.74. The standard InChI is InChI=1S/C15H24O/c1-11(2)14-9-8-12(3)10-15(14)16-13-6-4-5-7-13/h4-7,11-15H,8-10H2,1-3H3/t12-,14+,15-/m1/s1. The van der Waals surface area contributed by atoms with Crippen LogP contribution >= 0.6 is 0 Å². The van der Waals surface area contributed by atoms with E-state index < -0.39 is 0 Å². The fourth-order valence-corrected chi connectivity index (χ4v) is 2.98. The lowest BCUT2D eigenvalue weighted by atomic mass is 9.75. The SMILES string of the molecule is CC(C)[C@@H]1CC[C@@H](C)C[C@H]1OC1C=CC=C1. The van der Waals surface area contributed by atoms with Crippen molar-refractivity contribution in [2.45, 2.75) is 52.2 Å².